The highest BCUT2D eigenvalue weighted by atomic mass is 35.5. The zero-order valence-corrected chi connectivity index (χ0v) is 16.1. The number of likely N-dealkylation sites (tertiary alicyclic amines) is 1. The SMILES string of the molecule is CC(C)c1c(C(=O)N2CCC(N)CC2)cnn1-c1cccc(Cl)c1.Cl. The Morgan fingerprint density at radius 2 is 2.00 bits per heavy atom. The Kier molecular flexibility index (Phi) is 6.49. The van der Waals surface area contributed by atoms with Crippen LogP contribution >= 0.6 is 24.0 Å². The van der Waals surface area contributed by atoms with Crippen LogP contribution in [-0.2, 0) is 0 Å². The highest BCUT2D eigenvalue weighted by molar-refractivity contribution is 6.30. The second-order valence-electron chi connectivity index (χ2n) is 6.62. The number of hydrogen-bond donors (Lipinski definition) is 1. The van der Waals surface area contributed by atoms with Gasteiger partial charge in [-0.2, -0.15) is 5.10 Å². The minimum atomic E-state index is 0. The average molecular weight is 383 g/mol. The minimum Gasteiger partial charge on any atom is -0.338 e. The third kappa shape index (κ3) is 4.17. The quantitative estimate of drug-likeness (QED) is 0.880. The first-order valence-electron chi connectivity index (χ1n) is 8.36. The Morgan fingerprint density at radius 1 is 1.32 bits per heavy atom. The van der Waals surface area contributed by atoms with Crippen molar-refractivity contribution in [3.8, 4) is 5.69 Å². The summed E-state index contributed by atoms with van der Waals surface area (Å²) in [5, 5.41) is 5.11. The molecule has 7 heteroatoms. The van der Waals surface area contributed by atoms with E-state index >= 15 is 0 Å². The van der Waals surface area contributed by atoms with E-state index in [9.17, 15) is 4.79 Å². The lowest BCUT2D eigenvalue weighted by atomic mass is 10.0. The molecule has 0 unspecified atom stereocenters. The molecule has 3 rings (SSSR count). The first kappa shape index (κ1) is 19.8. The van der Waals surface area contributed by atoms with Crippen LogP contribution in [0.1, 0.15) is 48.7 Å². The fourth-order valence-electron chi connectivity index (χ4n) is 3.16. The first-order valence-corrected chi connectivity index (χ1v) is 8.74. The standard InChI is InChI=1S/C18H23ClN4O.ClH/c1-12(2)17-16(18(24)22-8-6-14(20)7-9-22)11-21-23(17)15-5-3-4-13(19)10-15;/h3-5,10-12,14H,6-9,20H2,1-2H3;1H. The molecule has 1 saturated heterocycles. The van der Waals surface area contributed by atoms with Gasteiger partial charge in [0.05, 0.1) is 23.1 Å². The molecule has 25 heavy (non-hydrogen) atoms. The maximum atomic E-state index is 12.9. The van der Waals surface area contributed by atoms with Crippen molar-refractivity contribution in [1.82, 2.24) is 14.7 Å². The summed E-state index contributed by atoms with van der Waals surface area (Å²) in [6.07, 6.45) is 3.38. The van der Waals surface area contributed by atoms with E-state index in [0.29, 0.717) is 23.7 Å². The summed E-state index contributed by atoms with van der Waals surface area (Å²) < 4.78 is 1.82. The number of benzene rings is 1. The zero-order valence-electron chi connectivity index (χ0n) is 14.5. The van der Waals surface area contributed by atoms with Gasteiger partial charge in [-0.25, -0.2) is 4.68 Å². The second kappa shape index (κ2) is 8.21. The van der Waals surface area contributed by atoms with Crippen LogP contribution in [0.4, 0.5) is 0 Å². The van der Waals surface area contributed by atoms with Gasteiger partial charge >= 0.3 is 0 Å². The molecule has 5 nitrogen and oxygen atoms in total. The van der Waals surface area contributed by atoms with Gasteiger partial charge in [0.2, 0.25) is 0 Å². The van der Waals surface area contributed by atoms with Crippen molar-refractivity contribution in [3.63, 3.8) is 0 Å². The predicted octanol–water partition coefficient (Wildman–Crippen LogP) is 3.63. The molecule has 0 bridgehead atoms. The molecule has 0 radical (unpaired) electrons. The van der Waals surface area contributed by atoms with E-state index in [1.807, 2.05) is 33.8 Å². The first-order chi connectivity index (χ1) is 11.5. The van der Waals surface area contributed by atoms with Crippen molar-refractivity contribution in [2.45, 2.75) is 38.6 Å². The molecule has 1 fully saturated rings. The van der Waals surface area contributed by atoms with Crippen LogP contribution in [-0.4, -0.2) is 39.7 Å². The van der Waals surface area contributed by atoms with E-state index < -0.39 is 0 Å². The summed E-state index contributed by atoms with van der Waals surface area (Å²) >= 11 is 6.10. The van der Waals surface area contributed by atoms with E-state index in [2.05, 4.69) is 18.9 Å². The molecule has 0 atom stereocenters. The molecule has 2 aromatic rings. The van der Waals surface area contributed by atoms with Gasteiger partial charge in [-0.3, -0.25) is 4.79 Å². The van der Waals surface area contributed by atoms with Gasteiger partial charge in [-0.15, -0.1) is 12.4 Å². The van der Waals surface area contributed by atoms with Crippen molar-refractivity contribution in [2.75, 3.05) is 13.1 Å². The van der Waals surface area contributed by atoms with Crippen molar-refractivity contribution >= 4 is 29.9 Å². The Morgan fingerprint density at radius 3 is 2.60 bits per heavy atom. The summed E-state index contributed by atoms with van der Waals surface area (Å²) in [5.41, 5.74) is 8.39. The lowest BCUT2D eigenvalue weighted by molar-refractivity contribution is 0.0713. The van der Waals surface area contributed by atoms with Gasteiger partial charge in [0.15, 0.2) is 0 Å². The summed E-state index contributed by atoms with van der Waals surface area (Å²) in [6.45, 7) is 5.56. The van der Waals surface area contributed by atoms with Gasteiger partial charge in [0, 0.05) is 24.2 Å². The number of aromatic nitrogens is 2. The molecule has 136 valence electrons. The topological polar surface area (TPSA) is 64.2 Å². The van der Waals surface area contributed by atoms with Gasteiger partial charge < -0.3 is 10.6 Å². The third-order valence-electron chi connectivity index (χ3n) is 4.46. The van der Waals surface area contributed by atoms with Gasteiger partial charge in [0.1, 0.15) is 0 Å². The van der Waals surface area contributed by atoms with Crippen molar-refractivity contribution < 1.29 is 4.79 Å². The summed E-state index contributed by atoms with van der Waals surface area (Å²) in [6, 6.07) is 7.71. The highest BCUT2D eigenvalue weighted by Crippen LogP contribution is 2.26. The maximum absolute atomic E-state index is 12.9. The van der Waals surface area contributed by atoms with E-state index in [1.165, 1.54) is 0 Å². The van der Waals surface area contributed by atoms with Crippen molar-refractivity contribution in [1.29, 1.82) is 0 Å². The van der Waals surface area contributed by atoms with Crippen LogP contribution in [0, 0.1) is 0 Å². The highest BCUT2D eigenvalue weighted by Gasteiger charge is 2.27. The van der Waals surface area contributed by atoms with Crippen LogP contribution in [0.3, 0.4) is 0 Å². The molecule has 1 aliphatic heterocycles. The second-order valence-corrected chi connectivity index (χ2v) is 7.06. The molecule has 0 aliphatic carbocycles. The fraction of sp³-hybridized carbons (Fsp3) is 0.444. The molecule has 2 N–H and O–H groups in total. The number of carbonyl (C=O) groups excluding carboxylic acids is 1. The zero-order chi connectivity index (χ0) is 17.3. The number of hydrogen-bond acceptors (Lipinski definition) is 3. The molecule has 1 amide bonds. The molecule has 1 aliphatic rings. The average Bonchev–Trinajstić information content (AvgIpc) is 3.00. The number of halogens is 2. The van der Waals surface area contributed by atoms with Gasteiger partial charge in [-0.05, 0) is 37.0 Å². The van der Waals surface area contributed by atoms with E-state index in [1.54, 1.807) is 6.20 Å². The minimum absolute atomic E-state index is 0. The molecule has 1 aromatic carbocycles. The number of rotatable bonds is 3. The van der Waals surface area contributed by atoms with E-state index in [4.69, 9.17) is 17.3 Å². The lowest BCUT2D eigenvalue weighted by Gasteiger charge is -2.30. The largest absolute Gasteiger partial charge is 0.338 e. The number of amides is 1. The Labute approximate surface area is 159 Å². The van der Waals surface area contributed by atoms with Crippen LogP contribution in [0.25, 0.3) is 5.69 Å². The monoisotopic (exact) mass is 382 g/mol. The smallest absolute Gasteiger partial charge is 0.257 e. The Bertz CT molecular complexity index is 736. The number of carbonyl (C=O) groups is 1. The number of piperidine rings is 1. The maximum Gasteiger partial charge on any atom is 0.257 e. The summed E-state index contributed by atoms with van der Waals surface area (Å²) in [5.74, 6) is 0.205. The normalized spacial score (nSPS) is 15.3. The molecule has 1 aromatic heterocycles. The molecular weight excluding hydrogens is 359 g/mol. The summed E-state index contributed by atoms with van der Waals surface area (Å²) in [7, 11) is 0. The predicted molar refractivity (Wildman–Crippen MR) is 103 cm³/mol. The molecule has 0 saturated carbocycles. The van der Waals surface area contributed by atoms with Crippen molar-refractivity contribution in [2.24, 2.45) is 5.73 Å². The van der Waals surface area contributed by atoms with Crippen LogP contribution in [0.15, 0.2) is 30.5 Å². The molecule has 2 heterocycles. The molecular formula is C18H24Cl2N4O. The van der Waals surface area contributed by atoms with Crippen LogP contribution in [0.5, 0.6) is 0 Å². The van der Waals surface area contributed by atoms with E-state index in [-0.39, 0.29) is 30.3 Å². The van der Waals surface area contributed by atoms with Gasteiger partial charge in [-0.1, -0.05) is 31.5 Å². The number of nitrogens with zero attached hydrogens (tertiary/aromatic N) is 3. The van der Waals surface area contributed by atoms with E-state index in [0.717, 1.165) is 24.2 Å². The van der Waals surface area contributed by atoms with Crippen LogP contribution in [0.2, 0.25) is 5.02 Å². The Balaban J connectivity index is 0.00000225. The van der Waals surface area contributed by atoms with Gasteiger partial charge in [0.25, 0.3) is 5.91 Å². The molecule has 0 spiro atoms. The lowest BCUT2D eigenvalue weighted by Crippen LogP contribution is -2.43. The van der Waals surface area contributed by atoms with Crippen LogP contribution < -0.4 is 5.73 Å². The third-order valence-corrected chi connectivity index (χ3v) is 4.70. The summed E-state index contributed by atoms with van der Waals surface area (Å²) in [4.78, 5) is 14.8. The van der Waals surface area contributed by atoms with Crippen molar-refractivity contribution in [3.05, 3.63) is 46.7 Å². The fourth-order valence-corrected chi connectivity index (χ4v) is 3.35. The Hall–Kier alpha value is -1.56. The number of nitrogens with two attached hydrogens (primary N) is 1.